The van der Waals surface area contributed by atoms with Crippen molar-refractivity contribution in [3.63, 3.8) is 0 Å². The summed E-state index contributed by atoms with van der Waals surface area (Å²) in [6.07, 6.45) is 1.71. The predicted octanol–water partition coefficient (Wildman–Crippen LogP) is 0.910. The second kappa shape index (κ2) is 11.4. The van der Waals surface area contributed by atoms with Gasteiger partial charge >= 0.3 is 0 Å². The Balaban J connectivity index is 1.46. The van der Waals surface area contributed by atoms with E-state index in [9.17, 15) is 9.59 Å². The van der Waals surface area contributed by atoms with E-state index in [-0.39, 0.29) is 18.4 Å². The summed E-state index contributed by atoms with van der Waals surface area (Å²) in [5.74, 6) is 0.843. The average Bonchev–Trinajstić information content (AvgIpc) is 2.78. The fourth-order valence-electron chi connectivity index (χ4n) is 3.64. The Morgan fingerprint density at radius 1 is 1.03 bits per heavy atom. The first kappa shape index (κ1) is 21.8. The molecular formula is C24H32N3O3+. The molecular weight excluding hydrogens is 378 g/mol. The zero-order valence-corrected chi connectivity index (χ0v) is 17.7. The van der Waals surface area contributed by atoms with Crippen molar-refractivity contribution < 1.29 is 19.2 Å². The van der Waals surface area contributed by atoms with Crippen molar-refractivity contribution in [2.45, 2.75) is 19.8 Å². The Kier molecular flexibility index (Phi) is 8.27. The van der Waals surface area contributed by atoms with Crippen molar-refractivity contribution in [2.24, 2.45) is 0 Å². The number of quaternary nitrogens is 1. The van der Waals surface area contributed by atoms with Gasteiger partial charge in [0.05, 0.1) is 26.2 Å². The van der Waals surface area contributed by atoms with E-state index >= 15 is 0 Å². The van der Waals surface area contributed by atoms with Gasteiger partial charge in [0.2, 0.25) is 0 Å². The van der Waals surface area contributed by atoms with E-state index in [1.54, 1.807) is 0 Å². The predicted molar refractivity (Wildman–Crippen MR) is 117 cm³/mol. The molecule has 2 aromatic rings. The van der Waals surface area contributed by atoms with E-state index in [0.29, 0.717) is 19.6 Å². The molecule has 6 nitrogen and oxygen atoms in total. The van der Waals surface area contributed by atoms with Crippen LogP contribution in [0.15, 0.2) is 54.6 Å². The molecule has 1 fully saturated rings. The second-order valence-corrected chi connectivity index (χ2v) is 7.72. The summed E-state index contributed by atoms with van der Waals surface area (Å²) < 4.78 is 5.90. The zero-order chi connectivity index (χ0) is 21.2. The van der Waals surface area contributed by atoms with E-state index in [4.69, 9.17) is 4.74 Å². The smallest absolute Gasteiger partial charge is 0.275 e. The molecule has 6 heteroatoms. The Labute approximate surface area is 178 Å². The number of piperazine rings is 1. The van der Waals surface area contributed by atoms with Crippen molar-refractivity contribution in [2.75, 3.05) is 45.9 Å². The number of carbonyl (C=O) groups excluding carboxylic acids is 2. The first-order valence-electron chi connectivity index (χ1n) is 10.8. The van der Waals surface area contributed by atoms with Gasteiger partial charge in [-0.3, -0.25) is 9.59 Å². The van der Waals surface area contributed by atoms with Crippen molar-refractivity contribution in [3.8, 4) is 5.75 Å². The molecule has 3 rings (SSSR count). The van der Waals surface area contributed by atoms with Gasteiger partial charge in [-0.05, 0) is 23.6 Å². The number of carbonyl (C=O) groups is 2. The van der Waals surface area contributed by atoms with Gasteiger partial charge in [0, 0.05) is 13.0 Å². The molecule has 0 bridgehead atoms. The number of nitrogens with zero attached hydrogens (tertiary/aromatic N) is 1. The molecule has 0 unspecified atom stereocenters. The Morgan fingerprint density at radius 3 is 2.47 bits per heavy atom. The van der Waals surface area contributed by atoms with Crippen LogP contribution >= 0.6 is 0 Å². The molecule has 0 aromatic heterocycles. The average molecular weight is 411 g/mol. The molecule has 0 aliphatic carbocycles. The molecule has 0 atom stereocenters. The summed E-state index contributed by atoms with van der Waals surface area (Å²) >= 11 is 0. The van der Waals surface area contributed by atoms with Gasteiger partial charge in [-0.1, -0.05) is 55.5 Å². The molecule has 30 heavy (non-hydrogen) atoms. The second-order valence-electron chi connectivity index (χ2n) is 7.72. The van der Waals surface area contributed by atoms with Crippen molar-refractivity contribution in [3.05, 3.63) is 65.7 Å². The normalized spacial score (nSPS) is 14.4. The zero-order valence-electron chi connectivity index (χ0n) is 17.7. The summed E-state index contributed by atoms with van der Waals surface area (Å²) in [5, 5.41) is 2.91. The van der Waals surface area contributed by atoms with Crippen LogP contribution in [0.3, 0.4) is 0 Å². The van der Waals surface area contributed by atoms with Crippen LogP contribution in [0.2, 0.25) is 0 Å². The van der Waals surface area contributed by atoms with E-state index in [0.717, 1.165) is 43.8 Å². The Morgan fingerprint density at radius 2 is 1.73 bits per heavy atom. The van der Waals surface area contributed by atoms with E-state index in [1.165, 1.54) is 10.5 Å². The fourth-order valence-corrected chi connectivity index (χ4v) is 3.64. The molecule has 1 saturated heterocycles. The number of benzene rings is 2. The molecule has 1 aliphatic heterocycles. The number of ether oxygens (including phenoxy) is 1. The SMILES string of the molecule is CCCNC(=O)C[NH+]1CCN(C(=O)COc2ccccc2Cc2ccccc2)CC1. The first-order valence-corrected chi connectivity index (χ1v) is 10.8. The van der Waals surface area contributed by atoms with Crippen LogP contribution in [-0.2, 0) is 16.0 Å². The van der Waals surface area contributed by atoms with Gasteiger partial charge in [0.25, 0.3) is 11.8 Å². The lowest BCUT2D eigenvalue weighted by Crippen LogP contribution is -3.15. The molecule has 1 heterocycles. The highest BCUT2D eigenvalue weighted by Gasteiger charge is 2.25. The van der Waals surface area contributed by atoms with Gasteiger partial charge in [0.1, 0.15) is 5.75 Å². The topological polar surface area (TPSA) is 63.1 Å². The van der Waals surface area contributed by atoms with Gasteiger partial charge < -0.3 is 19.9 Å². The number of hydrogen-bond acceptors (Lipinski definition) is 3. The highest BCUT2D eigenvalue weighted by atomic mass is 16.5. The Bertz CT molecular complexity index is 817. The summed E-state index contributed by atoms with van der Waals surface area (Å²) in [4.78, 5) is 27.6. The largest absolute Gasteiger partial charge is 0.483 e. The third-order valence-corrected chi connectivity index (χ3v) is 5.37. The minimum atomic E-state index is -0.000927. The molecule has 2 N–H and O–H groups in total. The van der Waals surface area contributed by atoms with Gasteiger partial charge in [-0.2, -0.15) is 0 Å². The highest BCUT2D eigenvalue weighted by molar-refractivity contribution is 5.78. The summed E-state index contributed by atoms with van der Waals surface area (Å²) in [5.41, 5.74) is 2.28. The lowest BCUT2D eigenvalue weighted by Gasteiger charge is -2.31. The molecule has 1 aliphatic rings. The maximum Gasteiger partial charge on any atom is 0.275 e. The van der Waals surface area contributed by atoms with Crippen LogP contribution in [0.5, 0.6) is 5.75 Å². The standard InChI is InChI=1S/C24H31N3O3/c1-2-12-25-23(28)18-26-13-15-27(16-14-26)24(29)19-30-22-11-7-6-10-21(22)17-20-8-4-3-5-9-20/h3-11H,2,12-19H2,1H3,(H,25,28)/p+1. The highest BCUT2D eigenvalue weighted by Crippen LogP contribution is 2.21. The van der Waals surface area contributed by atoms with Crippen LogP contribution < -0.4 is 15.0 Å². The molecule has 2 amide bonds. The lowest BCUT2D eigenvalue weighted by molar-refractivity contribution is -0.896. The summed E-state index contributed by atoms with van der Waals surface area (Å²) in [6.45, 7) is 6.17. The monoisotopic (exact) mass is 410 g/mol. The third-order valence-electron chi connectivity index (χ3n) is 5.37. The minimum absolute atomic E-state index is 0.000927. The van der Waals surface area contributed by atoms with Gasteiger partial charge in [-0.15, -0.1) is 0 Å². The molecule has 0 spiro atoms. The van der Waals surface area contributed by atoms with Crippen LogP contribution in [0.25, 0.3) is 0 Å². The number of hydrogen-bond donors (Lipinski definition) is 2. The maximum absolute atomic E-state index is 12.6. The van der Waals surface area contributed by atoms with E-state index in [1.807, 2.05) is 54.3 Å². The van der Waals surface area contributed by atoms with Crippen LogP contribution in [0.4, 0.5) is 0 Å². The Hall–Kier alpha value is -2.86. The van der Waals surface area contributed by atoms with Gasteiger partial charge in [-0.25, -0.2) is 0 Å². The van der Waals surface area contributed by atoms with Crippen LogP contribution in [-0.4, -0.2) is 62.6 Å². The number of amides is 2. The number of nitrogens with one attached hydrogen (secondary N) is 2. The fraction of sp³-hybridized carbons (Fsp3) is 0.417. The quantitative estimate of drug-likeness (QED) is 0.646. The lowest BCUT2D eigenvalue weighted by atomic mass is 10.0. The van der Waals surface area contributed by atoms with Crippen molar-refractivity contribution >= 4 is 11.8 Å². The van der Waals surface area contributed by atoms with Crippen LogP contribution in [0.1, 0.15) is 24.5 Å². The van der Waals surface area contributed by atoms with E-state index < -0.39 is 0 Å². The third kappa shape index (κ3) is 6.59. The van der Waals surface area contributed by atoms with Gasteiger partial charge in [0.15, 0.2) is 13.2 Å². The van der Waals surface area contributed by atoms with E-state index in [2.05, 4.69) is 17.4 Å². The molecule has 160 valence electrons. The van der Waals surface area contributed by atoms with Crippen LogP contribution in [0, 0.1) is 0 Å². The number of para-hydroxylation sites is 1. The molecule has 2 aromatic carbocycles. The van der Waals surface area contributed by atoms with Crippen molar-refractivity contribution in [1.29, 1.82) is 0 Å². The maximum atomic E-state index is 12.6. The molecule has 0 radical (unpaired) electrons. The molecule has 0 saturated carbocycles. The summed E-state index contributed by atoms with van der Waals surface area (Å²) in [7, 11) is 0. The van der Waals surface area contributed by atoms with Crippen molar-refractivity contribution in [1.82, 2.24) is 10.2 Å². The first-order chi connectivity index (χ1) is 14.7. The summed E-state index contributed by atoms with van der Waals surface area (Å²) in [6, 6.07) is 18.1. The number of rotatable bonds is 9. The minimum Gasteiger partial charge on any atom is -0.483 e.